The summed E-state index contributed by atoms with van der Waals surface area (Å²) >= 11 is 1.15. The van der Waals surface area contributed by atoms with Gasteiger partial charge in [0.25, 0.3) is 0 Å². The highest BCUT2D eigenvalue weighted by molar-refractivity contribution is 7.99. The summed E-state index contributed by atoms with van der Waals surface area (Å²) in [5.41, 5.74) is 5.46. The van der Waals surface area contributed by atoms with E-state index in [0.29, 0.717) is 5.75 Å². The topological polar surface area (TPSA) is 35.2 Å². The summed E-state index contributed by atoms with van der Waals surface area (Å²) in [6, 6.07) is 2.28. The first-order valence-electron chi connectivity index (χ1n) is 5.59. The lowest BCUT2D eigenvalue weighted by Crippen LogP contribution is -2.11. The van der Waals surface area contributed by atoms with Crippen molar-refractivity contribution in [3.63, 3.8) is 0 Å². The van der Waals surface area contributed by atoms with E-state index in [1.54, 1.807) is 0 Å². The van der Waals surface area contributed by atoms with Gasteiger partial charge >= 0.3 is 0 Å². The van der Waals surface area contributed by atoms with E-state index in [1.165, 1.54) is 0 Å². The molecule has 0 amide bonds. The lowest BCUT2D eigenvalue weighted by Gasteiger charge is -2.11. The molecule has 1 fully saturated rings. The lowest BCUT2D eigenvalue weighted by atomic mass is 10.2. The fourth-order valence-corrected chi connectivity index (χ4v) is 2.89. The highest BCUT2D eigenvalue weighted by atomic mass is 32.2. The minimum atomic E-state index is -0.599. The molecule has 0 aromatic heterocycles. The fraction of sp³-hybridized carbons (Fsp3) is 0.500. The highest BCUT2D eigenvalue weighted by Crippen LogP contribution is 2.30. The molecule has 0 saturated carbocycles. The number of halogens is 2. The molecule has 0 radical (unpaired) electrons. The van der Waals surface area contributed by atoms with E-state index in [-0.39, 0.29) is 22.8 Å². The van der Waals surface area contributed by atoms with Gasteiger partial charge in [0, 0.05) is 11.4 Å². The first kappa shape index (κ1) is 12.6. The lowest BCUT2D eigenvalue weighted by molar-refractivity contribution is 0.0699. The van der Waals surface area contributed by atoms with Crippen molar-refractivity contribution in [2.24, 2.45) is 0 Å². The summed E-state index contributed by atoms with van der Waals surface area (Å²) in [6.45, 7) is 2.01. The van der Waals surface area contributed by atoms with E-state index in [2.05, 4.69) is 0 Å². The molecule has 1 aromatic carbocycles. The van der Waals surface area contributed by atoms with E-state index in [1.807, 2.05) is 6.92 Å². The summed E-state index contributed by atoms with van der Waals surface area (Å²) in [6.07, 6.45) is 2.30. The van der Waals surface area contributed by atoms with Gasteiger partial charge in [-0.1, -0.05) is 0 Å². The second-order valence-corrected chi connectivity index (χ2v) is 5.30. The maximum atomic E-state index is 13.5. The number of rotatable bonds is 3. The van der Waals surface area contributed by atoms with Crippen molar-refractivity contribution in [3.05, 3.63) is 23.8 Å². The van der Waals surface area contributed by atoms with Crippen molar-refractivity contribution < 1.29 is 13.5 Å². The van der Waals surface area contributed by atoms with Crippen molar-refractivity contribution in [2.75, 3.05) is 11.5 Å². The standard InChI is InChI=1S/C12H15F2NOS/c1-7-2-3-9(16-7)6-17-12-10(13)4-8(15)5-11(12)14/h4-5,7,9H,2-3,6,15H2,1H3. The van der Waals surface area contributed by atoms with E-state index in [0.717, 1.165) is 36.7 Å². The zero-order chi connectivity index (χ0) is 12.4. The molecule has 0 aliphatic carbocycles. The predicted molar refractivity (Wildman–Crippen MR) is 65.1 cm³/mol. The average Bonchev–Trinajstić information content (AvgIpc) is 2.62. The Morgan fingerprint density at radius 1 is 1.35 bits per heavy atom. The average molecular weight is 259 g/mol. The summed E-state index contributed by atoms with van der Waals surface area (Å²) in [5.74, 6) is -0.626. The fourth-order valence-electron chi connectivity index (χ4n) is 1.90. The number of ether oxygens (including phenoxy) is 1. The van der Waals surface area contributed by atoms with Gasteiger partial charge in [-0.3, -0.25) is 0 Å². The Morgan fingerprint density at radius 2 is 2.00 bits per heavy atom. The minimum Gasteiger partial charge on any atom is -0.399 e. The predicted octanol–water partition coefficient (Wildman–Crippen LogP) is 3.21. The highest BCUT2D eigenvalue weighted by Gasteiger charge is 2.23. The Balaban J connectivity index is 1.99. The number of benzene rings is 1. The van der Waals surface area contributed by atoms with Crippen molar-refractivity contribution in [1.29, 1.82) is 0 Å². The molecule has 2 N–H and O–H groups in total. The van der Waals surface area contributed by atoms with Crippen LogP contribution >= 0.6 is 11.8 Å². The number of nitrogen functional groups attached to an aromatic ring is 1. The third-order valence-corrected chi connectivity index (χ3v) is 3.97. The van der Waals surface area contributed by atoms with Crippen LogP contribution in [0.2, 0.25) is 0 Å². The van der Waals surface area contributed by atoms with Gasteiger partial charge in [0.2, 0.25) is 0 Å². The summed E-state index contributed by atoms with van der Waals surface area (Å²) in [4.78, 5) is 0.0300. The van der Waals surface area contributed by atoms with Crippen LogP contribution in [0.5, 0.6) is 0 Å². The van der Waals surface area contributed by atoms with Crippen LogP contribution in [0.15, 0.2) is 17.0 Å². The smallest absolute Gasteiger partial charge is 0.141 e. The van der Waals surface area contributed by atoms with Gasteiger partial charge in [0.05, 0.1) is 17.1 Å². The molecule has 2 atom stereocenters. The summed E-state index contributed by atoms with van der Waals surface area (Å²) in [5, 5.41) is 0. The molecular weight excluding hydrogens is 244 g/mol. The largest absolute Gasteiger partial charge is 0.399 e. The van der Waals surface area contributed by atoms with Gasteiger partial charge in [-0.15, -0.1) is 11.8 Å². The van der Waals surface area contributed by atoms with Crippen LogP contribution in [0.4, 0.5) is 14.5 Å². The Labute approximate surface area is 104 Å². The van der Waals surface area contributed by atoms with Crippen LogP contribution in [-0.2, 0) is 4.74 Å². The number of hydrogen-bond donors (Lipinski definition) is 1. The van der Waals surface area contributed by atoms with Crippen LogP contribution < -0.4 is 5.73 Å². The van der Waals surface area contributed by atoms with Crippen LogP contribution in [0.3, 0.4) is 0 Å². The van der Waals surface area contributed by atoms with E-state index in [9.17, 15) is 8.78 Å². The van der Waals surface area contributed by atoms with Crippen LogP contribution in [0.1, 0.15) is 19.8 Å². The molecule has 1 aliphatic heterocycles. The number of nitrogens with two attached hydrogens (primary N) is 1. The molecule has 2 rings (SSSR count). The van der Waals surface area contributed by atoms with Crippen LogP contribution in [-0.4, -0.2) is 18.0 Å². The first-order valence-corrected chi connectivity index (χ1v) is 6.57. The van der Waals surface area contributed by atoms with Crippen molar-refractivity contribution in [3.8, 4) is 0 Å². The van der Waals surface area contributed by atoms with E-state index >= 15 is 0 Å². The molecule has 17 heavy (non-hydrogen) atoms. The summed E-state index contributed by atoms with van der Waals surface area (Å²) < 4.78 is 32.6. The number of thioether (sulfide) groups is 1. The monoisotopic (exact) mass is 259 g/mol. The molecule has 2 nitrogen and oxygen atoms in total. The van der Waals surface area contributed by atoms with Crippen LogP contribution in [0.25, 0.3) is 0 Å². The molecule has 1 heterocycles. The van der Waals surface area contributed by atoms with Crippen molar-refractivity contribution in [2.45, 2.75) is 36.9 Å². The molecule has 94 valence electrons. The van der Waals surface area contributed by atoms with Crippen LogP contribution in [0, 0.1) is 11.6 Å². The quantitative estimate of drug-likeness (QED) is 0.668. The Kier molecular flexibility index (Phi) is 3.89. The van der Waals surface area contributed by atoms with Crippen molar-refractivity contribution in [1.82, 2.24) is 0 Å². The zero-order valence-corrected chi connectivity index (χ0v) is 10.4. The van der Waals surface area contributed by atoms with Gasteiger partial charge < -0.3 is 10.5 Å². The second-order valence-electron chi connectivity index (χ2n) is 4.27. The second kappa shape index (κ2) is 5.23. The maximum absolute atomic E-state index is 13.5. The Morgan fingerprint density at radius 3 is 2.53 bits per heavy atom. The molecule has 1 aliphatic rings. The zero-order valence-electron chi connectivity index (χ0n) is 9.58. The Bertz CT molecular complexity index is 390. The van der Waals surface area contributed by atoms with Gasteiger partial charge in [-0.2, -0.15) is 0 Å². The van der Waals surface area contributed by atoms with Gasteiger partial charge in [-0.05, 0) is 31.9 Å². The van der Waals surface area contributed by atoms with E-state index < -0.39 is 11.6 Å². The Hall–Kier alpha value is -0.810. The number of hydrogen-bond acceptors (Lipinski definition) is 3. The molecule has 2 unspecified atom stereocenters. The molecule has 0 spiro atoms. The normalized spacial score (nSPS) is 24.2. The number of anilines is 1. The summed E-state index contributed by atoms with van der Waals surface area (Å²) in [7, 11) is 0. The maximum Gasteiger partial charge on any atom is 0.141 e. The van der Waals surface area contributed by atoms with E-state index in [4.69, 9.17) is 10.5 Å². The van der Waals surface area contributed by atoms with Gasteiger partial charge in [0.1, 0.15) is 11.6 Å². The van der Waals surface area contributed by atoms with Gasteiger partial charge in [-0.25, -0.2) is 8.78 Å². The SMILES string of the molecule is CC1CCC(CSc2c(F)cc(N)cc2F)O1. The minimum absolute atomic E-state index is 0.0300. The molecule has 1 saturated heterocycles. The third-order valence-electron chi connectivity index (χ3n) is 2.75. The molecule has 0 bridgehead atoms. The van der Waals surface area contributed by atoms with Gasteiger partial charge in [0.15, 0.2) is 0 Å². The van der Waals surface area contributed by atoms with Crippen molar-refractivity contribution >= 4 is 17.4 Å². The molecule has 5 heteroatoms. The molecule has 1 aromatic rings. The molecular formula is C12H15F2NOS. The third kappa shape index (κ3) is 3.10. The first-order chi connectivity index (χ1) is 8.06.